The number of phenolic OH excluding ortho intramolecular Hbond substituents is 2. The number of hydrogen-bond acceptors (Lipinski definition) is 18. The lowest BCUT2D eigenvalue weighted by Crippen LogP contribution is -2.63. The van der Waals surface area contributed by atoms with Crippen LogP contribution in [-0.2, 0) is 33.3 Å². The number of ether oxygens (including phenoxy) is 8. The maximum atomic E-state index is 12.9. The van der Waals surface area contributed by atoms with Crippen molar-refractivity contribution in [3.63, 3.8) is 0 Å². The molecule has 51 heavy (non-hydrogen) atoms. The highest BCUT2D eigenvalue weighted by Gasteiger charge is 2.60. The van der Waals surface area contributed by atoms with Crippen molar-refractivity contribution >= 4 is 24.1 Å². The normalized spacial score (nSPS) is 29.3. The molecule has 18 heteroatoms. The SMILES string of the molecule is COc1cc(/C=C/C(=O)OC[C@@H]2O[C@@H](O[C@@]3(CO)O[C@H](CO)[C@@H](O)[C@H]3OC(=O)/C=C/c3cc(OC)c(O)c(OC)c3)[C@H](O)[C@@H](O)[C@@H]2O)ccc1O. The van der Waals surface area contributed by atoms with Gasteiger partial charge in [0.05, 0.1) is 27.9 Å². The third-order valence-electron chi connectivity index (χ3n) is 8.02. The molecule has 9 atom stereocenters. The molecule has 2 heterocycles. The minimum atomic E-state index is -2.50. The van der Waals surface area contributed by atoms with E-state index in [1.807, 2.05) is 0 Å². The van der Waals surface area contributed by atoms with Crippen LogP contribution in [0.1, 0.15) is 11.1 Å². The van der Waals surface area contributed by atoms with Gasteiger partial charge in [-0.25, -0.2) is 9.59 Å². The Morgan fingerprint density at radius 1 is 0.784 bits per heavy atom. The largest absolute Gasteiger partial charge is 0.504 e. The standard InChI is InChI=1S/C33H40O18/c1-44-19-10-16(4-7-18(19)36)5-8-24(37)47-14-23-27(40)29(42)30(43)32(48-23)51-33(15-35)31(28(41)22(13-34)50-33)49-25(38)9-6-17-11-20(45-2)26(39)21(12-17)46-3/h4-12,22-23,27-32,34-36,39-43H,13-15H2,1-3H3/b8-5+,9-6+/t22-,23+,27-,28-,29+,30-,31-,32+,33-/m1/s1. The molecule has 8 N–H and O–H groups in total. The van der Waals surface area contributed by atoms with Crippen LogP contribution in [0.3, 0.4) is 0 Å². The first kappa shape index (κ1) is 39.3. The zero-order chi connectivity index (χ0) is 37.5. The second kappa shape index (κ2) is 17.1. The van der Waals surface area contributed by atoms with Gasteiger partial charge in [-0.1, -0.05) is 6.07 Å². The molecule has 18 nitrogen and oxygen atoms in total. The number of aromatic hydroxyl groups is 2. The Balaban J connectivity index is 1.48. The number of phenols is 2. The first-order valence-corrected chi connectivity index (χ1v) is 15.3. The fourth-order valence-corrected chi connectivity index (χ4v) is 5.27. The molecule has 2 fully saturated rings. The quantitative estimate of drug-likeness (QED) is 0.0819. The van der Waals surface area contributed by atoms with Gasteiger partial charge in [0.15, 0.2) is 35.4 Å². The lowest BCUT2D eigenvalue weighted by molar-refractivity contribution is -0.383. The summed E-state index contributed by atoms with van der Waals surface area (Å²) in [5.74, 6) is -4.64. The Bertz CT molecular complexity index is 1550. The second-order valence-corrected chi connectivity index (χ2v) is 11.3. The van der Waals surface area contributed by atoms with Crippen molar-refractivity contribution in [3.05, 3.63) is 53.6 Å². The number of aliphatic hydroxyl groups is 6. The number of esters is 2. The van der Waals surface area contributed by atoms with E-state index in [0.717, 1.165) is 12.2 Å². The first-order chi connectivity index (χ1) is 24.3. The number of carbonyl (C=O) groups excluding carboxylic acids is 2. The molecule has 4 rings (SSSR count). The van der Waals surface area contributed by atoms with E-state index in [4.69, 9.17) is 37.9 Å². The third kappa shape index (κ3) is 8.87. The van der Waals surface area contributed by atoms with Crippen LogP contribution in [0.15, 0.2) is 42.5 Å². The smallest absolute Gasteiger partial charge is 0.331 e. The van der Waals surface area contributed by atoms with E-state index < -0.39 is 86.6 Å². The summed E-state index contributed by atoms with van der Waals surface area (Å²) in [6.07, 6.45) is -9.78. The van der Waals surface area contributed by atoms with Gasteiger partial charge >= 0.3 is 11.9 Å². The summed E-state index contributed by atoms with van der Waals surface area (Å²) in [4.78, 5) is 25.3. The molecular formula is C33H40O18. The average molecular weight is 725 g/mol. The van der Waals surface area contributed by atoms with E-state index in [1.54, 1.807) is 0 Å². The van der Waals surface area contributed by atoms with E-state index in [2.05, 4.69) is 0 Å². The van der Waals surface area contributed by atoms with Crippen molar-refractivity contribution in [2.24, 2.45) is 0 Å². The van der Waals surface area contributed by atoms with Gasteiger partial charge in [-0.05, 0) is 47.5 Å². The van der Waals surface area contributed by atoms with Gasteiger partial charge < -0.3 is 78.7 Å². The van der Waals surface area contributed by atoms with Crippen LogP contribution in [0.25, 0.3) is 12.2 Å². The fraction of sp³-hybridized carbons (Fsp3) is 0.455. The van der Waals surface area contributed by atoms with Gasteiger partial charge in [-0.2, -0.15) is 0 Å². The zero-order valence-corrected chi connectivity index (χ0v) is 27.6. The molecular weight excluding hydrogens is 684 g/mol. The Hall–Kier alpha value is -4.50. The Kier molecular flexibility index (Phi) is 13.2. The van der Waals surface area contributed by atoms with Crippen LogP contribution in [0.5, 0.6) is 28.7 Å². The molecule has 0 radical (unpaired) electrons. The molecule has 0 aromatic heterocycles. The molecule has 2 aromatic carbocycles. The Morgan fingerprint density at radius 3 is 2.00 bits per heavy atom. The molecule has 0 saturated carbocycles. The Morgan fingerprint density at radius 2 is 1.39 bits per heavy atom. The lowest BCUT2D eigenvalue weighted by Gasteiger charge is -2.43. The van der Waals surface area contributed by atoms with Crippen molar-refractivity contribution in [3.8, 4) is 28.7 Å². The van der Waals surface area contributed by atoms with Crippen molar-refractivity contribution in [1.82, 2.24) is 0 Å². The number of rotatable bonds is 14. The fourth-order valence-electron chi connectivity index (χ4n) is 5.27. The maximum absolute atomic E-state index is 12.9. The lowest BCUT2D eigenvalue weighted by atomic mass is 9.99. The highest BCUT2D eigenvalue weighted by atomic mass is 16.8. The van der Waals surface area contributed by atoms with E-state index in [-0.39, 0.29) is 28.7 Å². The number of benzene rings is 2. The average Bonchev–Trinajstić information content (AvgIpc) is 3.39. The van der Waals surface area contributed by atoms with Crippen molar-refractivity contribution in [2.45, 2.75) is 54.8 Å². The highest BCUT2D eigenvalue weighted by Crippen LogP contribution is 2.39. The van der Waals surface area contributed by atoms with Crippen molar-refractivity contribution < 1.29 is 88.3 Å². The molecule has 280 valence electrons. The van der Waals surface area contributed by atoms with E-state index in [0.29, 0.717) is 11.1 Å². The molecule has 0 amide bonds. The topological polar surface area (TPSA) is 270 Å². The van der Waals surface area contributed by atoms with E-state index >= 15 is 0 Å². The number of aliphatic hydroxyl groups excluding tert-OH is 6. The van der Waals surface area contributed by atoms with Gasteiger partial charge in [0, 0.05) is 12.2 Å². The molecule has 0 unspecified atom stereocenters. The predicted molar refractivity (Wildman–Crippen MR) is 170 cm³/mol. The van der Waals surface area contributed by atoms with Crippen molar-refractivity contribution in [1.29, 1.82) is 0 Å². The summed E-state index contributed by atoms with van der Waals surface area (Å²) in [5, 5.41) is 82.7. The molecule has 0 spiro atoms. The number of carbonyl (C=O) groups is 2. The van der Waals surface area contributed by atoms with Crippen molar-refractivity contribution in [2.75, 3.05) is 41.2 Å². The van der Waals surface area contributed by atoms with Gasteiger partial charge in [-0.3, -0.25) is 0 Å². The summed E-state index contributed by atoms with van der Waals surface area (Å²) >= 11 is 0. The minimum Gasteiger partial charge on any atom is -0.504 e. The summed E-state index contributed by atoms with van der Waals surface area (Å²) in [5.41, 5.74) is 0.803. The first-order valence-electron chi connectivity index (χ1n) is 15.3. The summed E-state index contributed by atoms with van der Waals surface area (Å²) in [6, 6.07) is 7.08. The van der Waals surface area contributed by atoms with Gasteiger partial charge in [0.2, 0.25) is 11.5 Å². The summed E-state index contributed by atoms with van der Waals surface area (Å²) in [7, 11) is 3.97. The molecule has 2 aliphatic heterocycles. The van der Waals surface area contributed by atoms with Gasteiger partial charge in [0.25, 0.3) is 0 Å². The van der Waals surface area contributed by atoms with Gasteiger partial charge in [-0.15, -0.1) is 0 Å². The van der Waals surface area contributed by atoms with Crippen LogP contribution in [0.4, 0.5) is 0 Å². The van der Waals surface area contributed by atoms with Gasteiger partial charge in [0.1, 0.15) is 49.8 Å². The molecule has 2 aromatic rings. The second-order valence-electron chi connectivity index (χ2n) is 11.3. The molecule has 2 aliphatic rings. The Labute approximate surface area is 290 Å². The molecule has 0 aliphatic carbocycles. The van der Waals surface area contributed by atoms with E-state index in [1.165, 1.54) is 63.8 Å². The van der Waals surface area contributed by atoms with Crippen LogP contribution in [-0.4, -0.2) is 149 Å². The maximum Gasteiger partial charge on any atom is 0.331 e. The van der Waals surface area contributed by atoms with Crippen LogP contribution >= 0.6 is 0 Å². The predicted octanol–water partition coefficient (Wildman–Crippen LogP) is -1.43. The summed E-state index contributed by atoms with van der Waals surface area (Å²) < 4.78 is 42.6. The summed E-state index contributed by atoms with van der Waals surface area (Å²) in [6.45, 7) is -2.65. The third-order valence-corrected chi connectivity index (χ3v) is 8.02. The minimum absolute atomic E-state index is 0.0403. The number of methoxy groups -OCH3 is 3. The van der Waals surface area contributed by atoms with Crippen LogP contribution < -0.4 is 14.2 Å². The monoisotopic (exact) mass is 724 g/mol. The van der Waals surface area contributed by atoms with Crippen LogP contribution in [0.2, 0.25) is 0 Å². The zero-order valence-electron chi connectivity index (χ0n) is 27.6. The molecule has 0 bridgehead atoms. The highest BCUT2D eigenvalue weighted by molar-refractivity contribution is 5.88. The van der Waals surface area contributed by atoms with E-state index in [9.17, 15) is 50.4 Å². The number of hydrogen-bond donors (Lipinski definition) is 8. The van der Waals surface area contributed by atoms with Crippen LogP contribution in [0, 0.1) is 0 Å². The molecule has 2 saturated heterocycles.